The predicted octanol–water partition coefficient (Wildman–Crippen LogP) is 1.93. The van der Waals surface area contributed by atoms with Crippen LogP contribution in [0.5, 0.6) is 5.75 Å². The Morgan fingerprint density at radius 1 is 1.52 bits per heavy atom. The topological polar surface area (TPSA) is 67.0 Å². The van der Waals surface area contributed by atoms with Crippen LogP contribution in [0.3, 0.4) is 0 Å². The van der Waals surface area contributed by atoms with Gasteiger partial charge in [-0.3, -0.25) is 4.79 Å². The zero-order chi connectivity index (χ0) is 15.1. The van der Waals surface area contributed by atoms with E-state index in [1.165, 1.54) is 25.3 Å². The zero-order valence-corrected chi connectivity index (χ0v) is 11.6. The number of nitrogens with zero attached hydrogens (tertiary/aromatic N) is 1. The summed E-state index contributed by atoms with van der Waals surface area (Å²) in [5.74, 6) is -0.513. The lowest BCUT2D eigenvalue weighted by molar-refractivity contribution is -0.116. The number of hydrogen-bond acceptors (Lipinski definition) is 3. The molecule has 1 aromatic heterocycles. The van der Waals surface area contributed by atoms with Crippen molar-refractivity contribution in [3.05, 3.63) is 53.9 Å². The number of aromatic amines is 1. The van der Waals surface area contributed by atoms with E-state index in [-0.39, 0.29) is 11.7 Å². The second-order valence-electron chi connectivity index (χ2n) is 4.35. The molecule has 0 atom stereocenters. The first kappa shape index (κ1) is 14.8. The molecule has 1 heterocycles. The Balaban J connectivity index is 1.82. The van der Waals surface area contributed by atoms with Crippen molar-refractivity contribution in [2.45, 2.75) is 6.42 Å². The molecule has 1 aromatic carbocycles. The van der Waals surface area contributed by atoms with Crippen molar-refractivity contribution in [2.24, 2.45) is 0 Å². The summed E-state index contributed by atoms with van der Waals surface area (Å²) < 4.78 is 18.3. The van der Waals surface area contributed by atoms with E-state index in [2.05, 4.69) is 15.3 Å². The Hall–Kier alpha value is -2.63. The highest BCUT2D eigenvalue weighted by atomic mass is 19.1. The van der Waals surface area contributed by atoms with E-state index in [4.69, 9.17) is 4.74 Å². The van der Waals surface area contributed by atoms with Crippen LogP contribution in [0.4, 0.5) is 4.39 Å². The largest absolute Gasteiger partial charge is 0.494 e. The van der Waals surface area contributed by atoms with E-state index in [1.54, 1.807) is 24.7 Å². The summed E-state index contributed by atoms with van der Waals surface area (Å²) in [5.41, 5.74) is 1.55. The lowest BCUT2D eigenvalue weighted by Gasteiger charge is -2.02. The van der Waals surface area contributed by atoms with E-state index in [9.17, 15) is 9.18 Å². The van der Waals surface area contributed by atoms with Gasteiger partial charge in [0.2, 0.25) is 5.91 Å². The van der Waals surface area contributed by atoms with E-state index in [0.717, 1.165) is 5.69 Å². The number of halogens is 1. The predicted molar refractivity (Wildman–Crippen MR) is 77.3 cm³/mol. The normalized spacial score (nSPS) is 10.8. The number of H-pyrrole nitrogens is 1. The number of nitrogens with one attached hydrogen (secondary N) is 2. The molecule has 6 heteroatoms. The highest BCUT2D eigenvalue weighted by molar-refractivity contribution is 5.91. The van der Waals surface area contributed by atoms with Crippen molar-refractivity contribution in [1.82, 2.24) is 15.3 Å². The van der Waals surface area contributed by atoms with Crippen molar-refractivity contribution in [3.8, 4) is 5.75 Å². The molecule has 0 saturated carbocycles. The molecule has 0 fully saturated rings. The van der Waals surface area contributed by atoms with Crippen molar-refractivity contribution < 1.29 is 13.9 Å². The summed E-state index contributed by atoms with van der Waals surface area (Å²) in [4.78, 5) is 18.5. The van der Waals surface area contributed by atoms with Gasteiger partial charge >= 0.3 is 0 Å². The molecule has 2 rings (SSSR count). The number of ether oxygens (including phenoxy) is 1. The summed E-state index contributed by atoms with van der Waals surface area (Å²) >= 11 is 0. The van der Waals surface area contributed by atoms with Crippen LogP contribution < -0.4 is 10.1 Å². The first-order chi connectivity index (χ1) is 10.2. The van der Waals surface area contributed by atoms with Crippen molar-refractivity contribution >= 4 is 12.0 Å². The molecule has 0 saturated heterocycles. The number of carbonyl (C=O) groups is 1. The number of benzene rings is 1. The molecule has 0 spiro atoms. The third kappa shape index (κ3) is 4.45. The van der Waals surface area contributed by atoms with Crippen molar-refractivity contribution in [2.75, 3.05) is 13.7 Å². The van der Waals surface area contributed by atoms with Gasteiger partial charge in [0.1, 0.15) is 0 Å². The van der Waals surface area contributed by atoms with Gasteiger partial charge in [-0.2, -0.15) is 0 Å². The van der Waals surface area contributed by atoms with Crippen LogP contribution in [0.2, 0.25) is 0 Å². The molecular weight excluding hydrogens is 273 g/mol. The number of rotatable bonds is 6. The molecule has 5 nitrogen and oxygen atoms in total. The molecule has 1 amide bonds. The van der Waals surface area contributed by atoms with Gasteiger partial charge in [0, 0.05) is 30.9 Å². The third-order valence-electron chi connectivity index (χ3n) is 2.85. The summed E-state index contributed by atoms with van der Waals surface area (Å²) in [6.45, 7) is 0.502. The van der Waals surface area contributed by atoms with Gasteiger partial charge in [-0.15, -0.1) is 0 Å². The average Bonchev–Trinajstić information content (AvgIpc) is 2.98. The minimum absolute atomic E-state index is 0.177. The minimum Gasteiger partial charge on any atom is -0.494 e. The van der Waals surface area contributed by atoms with Crippen LogP contribution in [0, 0.1) is 5.82 Å². The van der Waals surface area contributed by atoms with Crippen LogP contribution in [-0.2, 0) is 11.2 Å². The Kier molecular flexibility index (Phi) is 5.09. The Labute approximate surface area is 121 Å². The molecule has 0 radical (unpaired) electrons. The Morgan fingerprint density at radius 2 is 2.38 bits per heavy atom. The van der Waals surface area contributed by atoms with Crippen molar-refractivity contribution in [1.29, 1.82) is 0 Å². The SMILES string of the molecule is COc1ccc(C=CC(=O)NCCc2cnc[nH]2)cc1F. The fourth-order valence-electron chi connectivity index (χ4n) is 1.76. The van der Waals surface area contributed by atoms with Crippen LogP contribution in [0.15, 0.2) is 36.8 Å². The van der Waals surface area contributed by atoms with E-state index in [0.29, 0.717) is 18.5 Å². The maximum absolute atomic E-state index is 13.5. The van der Waals surface area contributed by atoms with Gasteiger partial charge in [0.25, 0.3) is 0 Å². The number of imidazole rings is 1. The highest BCUT2D eigenvalue weighted by Gasteiger charge is 2.02. The summed E-state index contributed by atoms with van der Waals surface area (Å²) in [6, 6.07) is 4.51. The molecule has 0 bridgehead atoms. The molecule has 2 N–H and O–H groups in total. The Bertz CT molecular complexity index is 624. The highest BCUT2D eigenvalue weighted by Crippen LogP contribution is 2.18. The molecular formula is C15H16FN3O2. The first-order valence-electron chi connectivity index (χ1n) is 6.46. The van der Waals surface area contributed by atoms with Gasteiger partial charge in [-0.05, 0) is 23.8 Å². The van der Waals surface area contributed by atoms with Crippen LogP contribution in [0.1, 0.15) is 11.3 Å². The minimum atomic E-state index is -0.459. The van der Waals surface area contributed by atoms with Gasteiger partial charge in [0.05, 0.1) is 13.4 Å². The molecule has 2 aromatic rings. The summed E-state index contributed by atoms with van der Waals surface area (Å²) in [5, 5.41) is 2.74. The van der Waals surface area contributed by atoms with Crippen LogP contribution >= 0.6 is 0 Å². The third-order valence-corrected chi connectivity index (χ3v) is 2.85. The smallest absolute Gasteiger partial charge is 0.244 e. The fourth-order valence-corrected chi connectivity index (χ4v) is 1.76. The van der Waals surface area contributed by atoms with E-state index >= 15 is 0 Å². The molecule has 21 heavy (non-hydrogen) atoms. The number of methoxy groups -OCH3 is 1. The number of amides is 1. The maximum atomic E-state index is 13.5. The first-order valence-corrected chi connectivity index (χ1v) is 6.46. The number of hydrogen-bond donors (Lipinski definition) is 2. The maximum Gasteiger partial charge on any atom is 0.244 e. The van der Waals surface area contributed by atoms with Gasteiger partial charge in [-0.25, -0.2) is 9.37 Å². The fraction of sp³-hybridized carbons (Fsp3) is 0.200. The van der Waals surface area contributed by atoms with Gasteiger partial charge in [-0.1, -0.05) is 6.07 Å². The van der Waals surface area contributed by atoms with Gasteiger partial charge in [0.15, 0.2) is 11.6 Å². The number of carbonyl (C=O) groups excluding carboxylic acids is 1. The molecule has 0 aliphatic rings. The molecule has 0 aliphatic carbocycles. The van der Waals surface area contributed by atoms with E-state index < -0.39 is 5.82 Å². The molecule has 0 unspecified atom stereocenters. The van der Waals surface area contributed by atoms with Crippen molar-refractivity contribution in [3.63, 3.8) is 0 Å². The molecule has 0 aliphatic heterocycles. The number of aromatic nitrogens is 2. The van der Waals surface area contributed by atoms with Crippen LogP contribution in [0.25, 0.3) is 6.08 Å². The second-order valence-corrected chi connectivity index (χ2v) is 4.35. The lowest BCUT2D eigenvalue weighted by Crippen LogP contribution is -2.23. The quantitative estimate of drug-likeness (QED) is 0.799. The Morgan fingerprint density at radius 3 is 3.05 bits per heavy atom. The monoisotopic (exact) mass is 289 g/mol. The van der Waals surface area contributed by atoms with E-state index in [1.807, 2.05) is 0 Å². The zero-order valence-electron chi connectivity index (χ0n) is 11.6. The molecule has 110 valence electrons. The second kappa shape index (κ2) is 7.23. The van der Waals surface area contributed by atoms with Gasteiger partial charge < -0.3 is 15.0 Å². The average molecular weight is 289 g/mol. The standard InChI is InChI=1S/C15H16FN3O2/c1-21-14-4-2-11(8-13(14)16)3-5-15(20)18-7-6-12-9-17-10-19-12/h2-5,8-10H,6-7H2,1H3,(H,17,19)(H,18,20). The summed E-state index contributed by atoms with van der Waals surface area (Å²) in [7, 11) is 1.40. The summed E-state index contributed by atoms with van der Waals surface area (Å²) in [6.07, 6.45) is 6.90. The van der Waals surface area contributed by atoms with Crippen LogP contribution in [-0.4, -0.2) is 29.5 Å². The lowest BCUT2D eigenvalue weighted by atomic mass is 10.2.